The third-order valence-electron chi connectivity index (χ3n) is 3.58. The number of aliphatic hydroxyl groups excluding tert-OH is 1. The predicted molar refractivity (Wildman–Crippen MR) is 69.2 cm³/mol. The molecule has 1 heterocycles. The highest BCUT2D eigenvalue weighted by molar-refractivity contribution is 5.73. The second-order valence-corrected chi connectivity index (χ2v) is 4.89. The fourth-order valence-electron chi connectivity index (χ4n) is 2.41. The summed E-state index contributed by atoms with van der Waals surface area (Å²) in [6, 6.07) is 9.75. The van der Waals surface area contributed by atoms with E-state index in [1.807, 2.05) is 35.2 Å². The van der Waals surface area contributed by atoms with Crippen LogP contribution < -0.4 is 4.90 Å². The number of hydrogen-bond donors (Lipinski definition) is 2. The molecule has 0 bridgehead atoms. The van der Waals surface area contributed by atoms with Crippen LogP contribution in [-0.2, 0) is 4.79 Å². The lowest BCUT2D eigenvalue weighted by Gasteiger charge is -2.32. The minimum atomic E-state index is -0.412. The summed E-state index contributed by atoms with van der Waals surface area (Å²) in [7, 11) is 0. The SMILES string of the molecule is CC(=O)N1CC[NH+](C[C@H](O)c2ccccc2)CC1. The molecule has 0 radical (unpaired) electrons. The van der Waals surface area contributed by atoms with Gasteiger partial charge in [-0.15, -0.1) is 0 Å². The van der Waals surface area contributed by atoms with Gasteiger partial charge in [0.15, 0.2) is 0 Å². The zero-order valence-electron chi connectivity index (χ0n) is 10.8. The first kappa shape index (κ1) is 13.1. The number of nitrogens with zero attached hydrogens (tertiary/aromatic N) is 1. The molecule has 4 nitrogen and oxygen atoms in total. The molecule has 1 aromatic carbocycles. The summed E-state index contributed by atoms with van der Waals surface area (Å²) in [4.78, 5) is 14.5. The summed E-state index contributed by atoms with van der Waals surface area (Å²) in [6.07, 6.45) is -0.412. The van der Waals surface area contributed by atoms with E-state index >= 15 is 0 Å². The van der Waals surface area contributed by atoms with Crippen molar-refractivity contribution in [1.82, 2.24) is 4.90 Å². The van der Waals surface area contributed by atoms with E-state index in [4.69, 9.17) is 0 Å². The molecule has 1 aliphatic rings. The average Bonchev–Trinajstić information content (AvgIpc) is 2.40. The Morgan fingerprint density at radius 2 is 1.94 bits per heavy atom. The second kappa shape index (κ2) is 5.98. The van der Waals surface area contributed by atoms with E-state index in [1.54, 1.807) is 6.92 Å². The second-order valence-electron chi connectivity index (χ2n) is 4.89. The van der Waals surface area contributed by atoms with Crippen molar-refractivity contribution in [3.63, 3.8) is 0 Å². The zero-order valence-corrected chi connectivity index (χ0v) is 10.8. The number of benzene rings is 1. The molecule has 0 aliphatic carbocycles. The number of amides is 1. The number of hydrogen-bond acceptors (Lipinski definition) is 2. The molecule has 4 heteroatoms. The van der Waals surface area contributed by atoms with Crippen LogP contribution in [0.4, 0.5) is 0 Å². The lowest BCUT2D eigenvalue weighted by Crippen LogP contribution is -3.15. The van der Waals surface area contributed by atoms with E-state index in [1.165, 1.54) is 4.90 Å². The van der Waals surface area contributed by atoms with Crippen molar-refractivity contribution in [1.29, 1.82) is 0 Å². The zero-order chi connectivity index (χ0) is 13.0. The molecule has 2 rings (SSSR count). The van der Waals surface area contributed by atoms with Gasteiger partial charge in [-0.25, -0.2) is 0 Å². The number of rotatable bonds is 3. The molecular formula is C14H21N2O2+. The molecule has 1 aromatic rings. The van der Waals surface area contributed by atoms with E-state index in [0.29, 0.717) is 0 Å². The molecule has 1 saturated heterocycles. The Bertz CT molecular complexity index is 386. The molecule has 1 amide bonds. The standard InChI is InChI=1S/C14H20N2O2/c1-12(17)16-9-7-15(8-10-16)11-14(18)13-5-3-2-4-6-13/h2-6,14,18H,7-11H2,1H3/p+1/t14-/m0/s1. The van der Waals surface area contributed by atoms with Gasteiger partial charge in [0, 0.05) is 6.92 Å². The van der Waals surface area contributed by atoms with Gasteiger partial charge in [-0.1, -0.05) is 30.3 Å². The molecule has 18 heavy (non-hydrogen) atoms. The van der Waals surface area contributed by atoms with Crippen LogP contribution in [0.3, 0.4) is 0 Å². The normalized spacial score (nSPS) is 18.7. The summed E-state index contributed by atoms with van der Waals surface area (Å²) in [5, 5.41) is 10.1. The highest BCUT2D eigenvalue weighted by Crippen LogP contribution is 2.09. The monoisotopic (exact) mass is 249 g/mol. The lowest BCUT2D eigenvalue weighted by molar-refractivity contribution is -0.907. The highest BCUT2D eigenvalue weighted by Gasteiger charge is 2.23. The van der Waals surface area contributed by atoms with E-state index in [0.717, 1.165) is 38.3 Å². The topological polar surface area (TPSA) is 45.0 Å². The molecule has 0 aromatic heterocycles. The molecule has 1 atom stereocenters. The maximum Gasteiger partial charge on any atom is 0.219 e. The van der Waals surface area contributed by atoms with Crippen LogP contribution in [0.15, 0.2) is 30.3 Å². The van der Waals surface area contributed by atoms with E-state index in [2.05, 4.69) is 0 Å². The molecular weight excluding hydrogens is 228 g/mol. The van der Waals surface area contributed by atoms with Gasteiger partial charge in [0.1, 0.15) is 12.6 Å². The van der Waals surface area contributed by atoms with Crippen LogP contribution in [0.5, 0.6) is 0 Å². The Labute approximate surface area is 108 Å². The number of quaternary nitrogens is 1. The summed E-state index contributed by atoms with van der Waals surface area (Å²) in [5.74, 6) is 0.151. The van der Waals surface area contributed by atoms with Crippen LogP contribution in [0, 0.1) is 0 Å². The fraction of sp³-hybridized carbons (Fsp3) is 0.500. The predicted octanol–water partition coefficient (Wildman–Crippen LogP) is -0.533. The van der Waals surface area contributed by atoms with Gasteiger partial charge in [-0.3, -0.25) is 4.79 Å². The molecule has 0 spiro atoms. The van der Waals surface area contributed by atoms with Crippen LogP contribution in [-0.4, -0.2) is 48.6 Å². The number of piperazine rings is 1. The first-order valence-electron chi connectivity index (χ1n) is 6.49. The van der Waals surface area contributed by atoms with Crippen LogP contribution in [0.25, 0.3) is 0 Å². The van der Waals surface area contributed by atoms with Crippen LogP contribution >= 0.6 is 0 Å². The van der Waals surface area contributed by atoms with Gasteiger partial charge in [0.2, 0.25) is 5.91 Å². The van der Waals surface area contributed by atoms with Crippen molar-refractivity contribution in [3.8, 4) is 0 Å². The Kier molecular flexibility index (Phi) is 4.33. The lowest BCUT2D eigenvalue weighted by atomic mass is 10.1. The van der Waals surface area contributed by atoms with Gasteiger partial charge in [0.05, 0.1) is 26.2 Å². The van der Waals surface area contributed by atoms with Crippen molar-refractivity contribution >= 4 is 5.91 Å². The Morgan fingerprint density at radius 1 is 1.33 bits per heavy atom. The largest absolute Gasteiger partial charge is 0.382 e. The summed E-state index contributed by atoms with van der Waals surface area (Å²) >= 11 is 0. The number of aliphatic hydroxyl groups is 1. The maximum atomic E-state index is 11.2. The fourth-order valence-corrected chi connectivity index (χ4v) is 2.41. The molecule has 2 N–H and O–H groups in total. The van der Waals surface area contributed by atoms with Crippen molar-refractivity contribution in [2.75, 3.05) is 32.7 Å². The summed E-state index contributed by atoms with van der Waals surface area (Å²) in [6.45, 7) is 5.77. The maximum absolute atomic E-state index is 11.2. The van der Waals surface area contributed by atoms with E-state index in [-0.39, 0.29) is 5.91 Å². The summed E-state index contributed by atoms with van der Waals surface area (Å²) in [5.41, 5.74) is 0.971. The van der Waals surface area contributed by atoms with Crippen molar-refractivity contribution < 1.29 is 14.8 Å². The smallest absolute Gasteiger partial charge is 0.219 e. The first-order chi connectivity index (χ1) is 8.66. The summed E-state index contributed by atoms with van der Waals surface area (Å²) < 4.78 is 0. The molecule has 1 aliphatic heterocycles. The third-order valence-corrected chi connectivity index (χ3v) is 3.58. The van der Waals surface area contributed by atoms with Crippen LogP contribution in [0.1, 0.15) is 18.6 Å². The van der Waals surface area contributed by atoms with E-state index < -0.39 is 6.10 Å². The van der Waals surface area contributed by atoms with Crippen LogP contribution in [0.2, 0.25) is 0 Å². The Hall–Kier alpha value is -1.39. The Balaban J connectivity index is 1.83. The quantitative estimate of drug-likeness (QED) is 0.756. The Morgan fingerprint density at radius 3 is 2.50 bits per heavy atom. The first-order valence-corrected chi connectivity index (χ1v) is 6.49. The number of nitrogens with one attached hydrogen (secondary N) is 1. The van der Waals surface area contributed by atoms with Gasteiger partial charge in [-0.2, -0.15) is 0 Å². The minimum absolute atomic E-state index is 0.151. The van der Waals surface area contributed by atoms with E-state index in [9.17, 15) is 9.90 Å². The van der Waals surface area contributed by atoms with Crippen molar-refractivity contribution in [3.05, 3.63) is 35.9 Å². The highest BCUT2D eigenvalue weighted by atomic mass is 16.3. The molecule has 1 fully saturated rings. The van der Waals surface area contributed by atoms with Crippen molar-refractivity contribution in [2.24, 2.45) is 0 Å². The third kappa shape index (κ3) is 3.31. The number of carbonyl (C=O) groups excluding carboxylic acids is 1. The van der Waals surface area contributed by atoms with Gasteiger partial charge >= 0.3 is 0 Å². The van der Waals surface area contributed by atoms with Crippen molar-refractivity contribution in [2.45, 2.75) is 13.0 Å². The molecule has 0 unspecified atom stereocenters. The number of carbonyl (C=O) groups is 1. The molecule has 98 valence electrons. The minimum Gasteiger partial charge on any atom is -0.382 e. The van der Waals surface area contributed by atoms with Gasteiger partial charge < -0.3 is 14.9 Å². The van der Waals surface area contributed by atoms with Gasteiger partial charge in [-0.05, 0) is 5.56 Å². The molecule has 0 saturated carbocycles. The average molecular weight is 249 g/mol. The van der Waals surface area contributed by atoms with Gasteiger partial charge in [0.25, 0.3) is 0 Å².